The van der Waals surface area contributed by atoms with Gasteiger partial charge in [0.25, 0.3) is 0 Å². The highest BCUT2D eigenvalue weighted by atomic mass is 16.6. The number of H-pyrrole nitrogens is 1. The average molecular weight is 424 g/mol. The molecule has 0 fully saturated rings. The van der Waals surface area contributed by atoms with Gasteiger partial charge < -0.3 is 19.8 Å². The molecule has 0 aliphatic rings. The van der Waals surface area contributed by atoms with Gasteiger partial charge in [-0.15, -0.1) is 0 Å². The van der Waals surface area contributed by atoms with Gasteiger partial charge in [0, 0.05) is 23.4 Å². The predicted octanol–water partition coefficient (Wildman–Crippen LogP) is 5.82. The molecule has 2 aromatic carbocycles. The first-order chi connectivity index (χ1) is 14.7. The number of amides is 2. The number of hydrogen-bond donors (Lipinski definition) is 3. The molecule has 0 saturated carbocycles. The molecule has 7 nitrogen and oxygen atoms in total. The molecule has 7 heteroatoms. The van der Waals surface area contributed by atoms with Crippen LogP contribution in [0.2, 0.25) is 0 Å². The summed E-state index contributed by atoms with van der Waals surface area (Å²) in [7, 11) is 1.50. The summed E-state index contributed by atoms with van der Waals surface area (Å²) < 4.78 is 11.0. The highest BCUT2D eigenvalue weighted by molar-refractivity contribution is 5.97. The lowest BCUT2D eigenvalue weighted by Crippen LogP contribution is -2.20. The monoisotopic (exact) mass is 423 g/mol. The van der Waals surface area contributed by atoms with Crippen LogP contribution in [0.4, 0.5) is 16.2 Å². The molecule has 0 radical (unpaired) electrons. The van der Waals surface area contributed by atoms with Crippen LogP contribution in [-0.4, -0.2) is 24.1 Å². The van der Waals surface area contributed by atoms with E-state index in [1.54, 1.807) is 6.07 Å². The molecule has 1 aromatic heterocycles. The van der Waals surface area contributed by atoms with Gasteiger partial charge in [-0.3, -0.25) is 10.1 Å². The first-order valence-corrected chi connectivity index (χ1v) is 10.3. The van der Waals surface area contributed by atoms with Crippen molar-refractivity contribution in [1.82, 2.24) is 4.98 Å². The number of methoxy groups -OCH3 is 1. The SMILES string of the molecule is CCCC(=O)Nc1cc(C(C)(C)C)cc(NC(=O)Oc2cc3ccccc3[nH]2)c1OC. The van der Waals surface area contributed by atoms with Crippen molar-refractivity contribution in [2.45, 2.75) is 46.0 Å². The van der Waals surface area contributed by atoms with Crippen molar-refractivity contribution in [3.05, 3.63) is 48.0 Å². The minimum Gasteiger partial charge on any atom is -0.492 e. The highest BCUT2D eigenvalue weighted by Gasteiger charge is 2.22. The molecule has 164 valence electrons. The molecule has 0 unspecified atom stereocenters. The largest absolute Gasteiger partial charge is 0.492 e. The Labute approximate surface area is 182 Å². The van der Waals surface area contributed by atoms with Gasteiger partial charge in [-0.05, 0) is 35.6 Å². The molecular formula is C24H29N3O4. The summed E-state index contributed by atoms with van der Waals surface area (Å²) in [6.07, 6.45) is 0.463. The van der Waals surface area contributed by atoms with Crippen molar-refractivity contribution in [3.8, 4) is 11.6 Å². The van der Waals surface area contributed by atoms with Gasteiger partial charge in [0.1, 0.15) is 0 Å². The fourth-order valence-electron chi connectivity index (χ4n) is 3.24. The molecule has 3 N–H and O–H groups in total. The number of ether oxygens (including phenoxy) is 2. The molecule has 0 saturated heterocycles. The maximum atomic E-state index is 12.6. The molecular weight excluding hydrogens is 394 g/mol. The van der Waals surface area contributed by atoms with E-state index in [1.165, 1.54) is 7.11 Å². The Bertz CT molecular complexity index is 1060. The standard InChI is InChI=1S/C24H29N3O4/c1-6-9-20(28)25-18-13-16(24(2,3)4)14-19(22(18)30-5)27-23(29)31-21-12-15-10-7-8-11-17(15)26-21/h7-8,10-14,26H,6,9H2,1-5H3,(H,25,28)(H,27,29). The molecule has 31 heavy (non-hydrogen) atoms. The number of rotatable bonds is 6. The second kappa shape index (κ2) is 9.12. The Balaban J connectivity index is 1.90. The normalized spacial score (nSPS) is 11.3. The number of carbonyl (C=O) groups excluding carboxylic acids is 2. The zero-order valence-electron chi connectivity index (χ0n) is 18.6. The number of benzene rings is 2. The highest BCUT2D eigenvalue weighted by Crippen LogP contribution is 2.39. The third kappa shape index (κ3) is 5.36. The quantitative estimate of drug-likeness (QED) is 0.465. The fourth-order valence-corrected chi connectivity index (χ4v) is 3.24. The van der Waals surface area contributed by atoms with Crippen molar-refractivity contribution in [2.24, 2.45) is 0 Å². The summed E-state index contributed by atoms with van der Waals surface area (Å²) in [6.45, 7) is 8.10. The van der Waals surface area contributed by atoms with Crippen LogP contribution in [-0.2, 0) is 10.2 Å². The van der Waals surface area contributed by atoms with Crippen molar-refractivity contribution >= 4 is 34.3 Å². The second-order valence-corrected chi connectivity index (χ2v) is 8.39. The lowest BCUT2D eigenvalue weighted by Gasteiger charge is -2.23. The molecule has 2 amide bonds. The number of aromatic nitrogens is 1. The van der Waals surface area contributed by atoms with Gasteiger partial charge in [0.15, 0.2) is 5.75 Å². The van der Waals surface area contributed by atoms with Crippen molar-refractivity contribution in [1.29, 1.82) is 0 Å². The maximum absolute atomic E-state index is 12.6. The minimum atomic E-state index is -0.665. The number of anilines is 2. The fraction of sp³-hybridized carbons (Fsp3) is 0.333. The maximum Gasteiger partial charge on any atom is 0.418 e. The summed E-state index contributed by atoms with van der Waals surface area (Å²) in [5.41, 5.74) is 2.52. The van der Waals surface area contributed by atoms with E-state index in [-0.39, 0.29) is 11.3 Å². The van der Waals surface area contributed by atoms with E-state index in [9.17, 15) is 9.59 Å². The average Bonchev–Trinajstić information content (AvgIpc) is 3.09. The number of nitrogens with one attached hydrogen (secondary N) is 3. The smallest absolute Gasteiger partial charge is 0.418 e. The number of para-hydroxylation sites is 1. The van der Waals surface area contributed by atoms with Crippen LogP contribution in [0.3, 0.4) is 0 Å². The Morgan fingerprint density at radius 2 is 1.71 bits per heavy atom. The van der Waals surface area contributed by atoms with E-state index in [0.717, 1.165) is 22.9 Å². The van der Waals surface area contributed by atoms with E-state index >= 15 is 0 Å². The molecule has 3 rings (SSSR count). The molecule has 0 bridgehead atoms. The Kier molecular flexibility index (Phi) is 6.53. The van der Waals surface area contributed by atoms with Crippen LogP contribution in [0.25, 0.3) is 10.9 Å². The van der Waals surface area contributed by atoms with Gasteiger partial charge in [0.2, 0.25) is 11.8 Å². The molecule has 0 aliphatic carbocycles. The van der Waals surface area contributed by atoms with E-state index in [4.69, 9.17) is 9.47 Å². The second-order valence-electron chi connectivity index (χ2n) is 8.39. The molecule has 1 heterocycles. The summed E-state index contributed by atoms with van der Waals surface area (Å²) >= 11 is 0. The summed E-state index contributed by atoms with van der Waals surface area (Å²) in [5, 5.41) is 6.59. The zero-order chi connectivity index (χ0) is 22.6. The van der Waals surface area contributed by atoms with Gasteiger partial charge >= 0.3 is 6.09 Å². The van der Waals surface area contributed by atoms with Crippen LogP contribution in [0, 0.1) is 0 Å². The topological polar surface area (TPSA) is 92.5 Å². The Hall–Kier alpha value is -3.48. The number of aromatic amines is 1. The number of fused-ring (bicyclic) bond motifs is 1. The van der Waals surface area contributed by atoms with Crippen LogP contribution in [0.15, 0.2) is 42.5 Å². The first kappa shape index (κ1) is 22.2. The molecule has 0 spiro atoms. The third-order valence-electron chi connectivity index (χ3n) is 4.85. The number of hydrogen-bond acceptors (Lipinski definition) is 4. The van der Waals surface area contributed by atoms with Gasteiger partial charge in [0.05, 0.1) is 18.5 Å². The van der Waals surface area contributed by atoms with Crippen molar-refractivity contribution < 1.29 is 19.1 Å². The summed E-state index contributed by atoms with van der Waals surface area (Å²) in [6, 6.07) is 13.1. The zero-order valence-corrected chi connectivity index (χ0v) is 18.6. The van der Waals surface area contributed by atoms with Crippen LogP contribution in [0.1, 0.15) is 46.1 Å². The predicted molar refractivity (Wildman–Crippen MR) is 123 cm³/mol. The van der Waals surface area contributed by atoms with Crippen LogP contribution in [0.5, 0.6) is 11.6 Å². The van der Waals surface area contributed by atoms with E-state index in [1.807, 2.05) is 43.3 Å². The van der Waals surface area contributed by atoms with E-state index in [0.29, 0.717) is 29.4 Å². The molecule has 0 aliphatic heterocycles. The first-order valence-electron chi connectivity index (χ1n) is 10.3. The van der Waals surface area contributed by atoms with Crippen molar-refractivity contribution in [2.75, 3.05) is 17.7 Å². The van der Waals surface area contributed by atoms with Gasteiger partial charge in [-0.1, -0.05) is 45.9 Å². The van der Waals surface area contributed by atoms with Gasteiger partial charge in [-0.25, -0.2) is 4.79 Å². The third-order valence-corrected chi connectivity index (χ3v) is 4.85. The van der Waals surface area contributed by atoms with E-state index in [2.05, 4.69) is 36.4 Å². The lowest BCUT2D eigenvalue weighted by molar-refractivity contribution is -0.116. The van der Waals surface area contributed by atoms with Crippen LogP contribution < -0.4 is 20.1 Å². The van der Waals surface area contributed by atoms with Gasteiger partial charge in [-0.2, -0.15) is 0 Å². The Morgan fingerprint density at radius 1 is 1.03 bits per heavy atom. The number of carbonyl (C=O) groups is 2. The lowest BCUT2D eigenvalue weighted by atomic mass is 9.86. The van der Waals surface area contributed by atoms with Crippen molar-refractivity contribution in [3.63, 3.8) is 0 Å². The molecule has 3 aromatic rings. The van der Waals surface area contributed by atoms with E-state index < -0.39 is 6.09 Å². The van der Waals surface area contributed by atoms with Crippen LogP contribution >= 0.6 is 0 Å². The summed E-state index contributed by atoms with van der Waals surface area (Å²) in [5.74, 6) is 0.589. The summed E-state index contributed by atoms with van der Waals surface area (Å²) in [4.78, 5) is 27.9. The molecule has 0 atom stereocenters. The minimum absolute atomic E-state index is 0.113. The Morgan fingerprint density at radius 3 is 2.32 bits per heavy atom.